The van der Waals surface area contributed by atoms with E-state index < -0.39 is 0 Å². The quantitative estimate of drug-likeness (QED) is 0.239. The van der Waals surface area contributed by atoms with Crippen LogP contribution in [0.3, 0.4) is 0 Å². The lowest BCUT2D eigenvalue weighted by Gasteiger charge is -2.10. The average molecular weight is 517 g/mol. The molecule has 0 saturated heterocycles. The van der Waals surface area contributed by atoms with Crippen molar-refractivity contribution >= 4 is 46.6 Å². The second-order valence-electron chi connectivity index (χ2n) is 10.1. The predicted octanol–water partition coefficient (Wildman–Crippen LogP) is 6.78. The maximum Gasteiger partial charge on any atom is 0.0540 e. The van der Waals surface area contributed by atoms with Gasteiger partial charge in [-0.05, 0) is 66.9 Å². The first-order valence-electron chi connectivity index (χ1n) is 13.6. The van der Waals surface area contributed by atoms with Gasteiger partial charge in [0.15, 0.2) is 0 Å². The van der Waals surface area contributed by atoms with Crippen LogP contribution < -0.4 is 21.1 Å². The number of hydrogen-bond acceptors (Lipinski definition) is 0. The normalized spacial score (nSPS) is 13.0. The Balaban J connectivity index is 1.40. The standard InChI is InChI=1S/C38H32N2/c1-6-8-13-33-27(4)39(36-16-11-9-14-34(33)36)31-22-18-29(19-23-31)30-20-24-32(25-21-30)40-28(5)38(26(3)7-2)35-15-10-12-17-37(35)40/h6-25H,2,4-5H2,1,3H3/b8-6-,33-13+,38-26+. The van der Waals surface area contributed by atoms with Crippen molar-refractivity contribution in [2.24, 2.45) is 0 Å². The van der Waals surface area contributed by atoms with Crippen molar-refractivity contribution in [2.75, 3.05) is 0 Å². The summed E-state index contributed by atoms with van der Waals surface area (Å²) in [5.41, 5.74) is 7.96. The van der Waals surface area contributed by atoms with Crippen LogP contribution in [0.25, 0.3) is 69.1 Å². The fourth-order valence-electron chi connectivity index (χ4n) is 5.73. The van der Waals surface area contributed by atoms with E-state index in [2.05, 4.69) is 145 Å². The van der Waals surface area contributed by atoms with Gasteiger partial charge in [0, 0.05) is 43.3 Å². The summed E-state index contributed by atoms with van der Waals surface area (Å²) in [6.07, 6.45) is 8.16. The van der Waals surface area contributed by atoms with Gasteiger partial charge in [0.2, 0.25) is 0 Å². The topological polar surface area (TPSA) is 9.86 Å². The molecule has 2 nitrogen and oxygen atoms in total. The van der Waals surface area contributed by atoms with Crippen LogP contribution in [-0.2, 0) is 0 Å². The van der Waals surface area contributed by atoms with Crippen LogP contribution >= 0.6 is 0 Å². The summed E-state index contributed by atoms with van der Waals surface area (Å²) in [5.74, 6) is 0. The van der Waals surface area contributed by atoms with Gasteiger partial charge >= 0.3 is 0 Å². The third kappa shape index (κ3) is 4.06. The van der Waals surface area contributed by atoms with E-state index in [0.717, 1.165) is 49.1 Å². The van der Waals surface area contributed by atoms with E-state index in [4.69, 9.17) is 0 Å². The smallest absolute Gasteiger partial charge is 0.0540 e. The molecule has 194 valence electrons. The molecule has 0 unspecified atom stereocenters. The molecule has 0 radical (unpaired) electrons. The largest absolute Gasteiger partial charge is 0.310 e. The zero-order valence-electron chi connectivity index (χ0n) is 23.1. The van der Waals surface area contributed by atoms with E-state index >= 15 is 0 Å². The highest BCUT2D eigenvalue weighted by molar-refractivity contribution is 5.86. The van der Waals surface area contributed by atoms with Crippen LogP contribution in [0.5, 0.6) is 0 Å². The van der Waals surface area contributed by atoms with E-state index in [1.807, 2.05) is 19.1 Å². The van der Waals surface area contributed by atoms with Gasteiger partial charge in [-0.25, -0.2) is 0 Å². The molecule has 0 aliphatic carbocycles. The van der Waals surface area contributed by atoms with Crippen LogP contribution in [-0.4, -0.2) is 9.13 Å². The Kier molecular flexibility index (Phi) is 6.45. The van der Waals surface area contributed by atoms with Gasteiger partial charge in [0.1, 0.15) is 0 Å². The molecule has 0 aliphatic rings. The third-order valence-corrected chi connectivity index (χ3v) is 7.73. The molecule has 6 aromatic rings. The summed E-state index contributed by atoms with van der Waals surface area (Å²) in [6.45, 7) is 17.0. The minimum atomic E-state index is 0.977. The number of hydrogen-bond donors (Lipinski definition) is 0. The van der Waals surface area contributed by atoms with E-state index in [1.165, 1.54) is 21.9 Å². The Hall–Kier alpha value is -5.08. The molecule has 2 aromatic heterocycles. The van der Waals surface area contributed by atoms with E-state index in [1.54, 1.807) is 0 Å². The lowest BCUT2D eigenvalue weighted by molar-refractivity contribution is 1.07. The first kappa shape index (κ1) is 25.2. The third-order valence-electron chi connectivity index (χ3n) is 7.73. The van der Waals surface area contributed by atoms with E-state index in [0.29, 0.717) is 0 Å². The lowest BCUT2D eigenvalue weighted by atomic mass is 10.0. The zero-order valence-corrected chi connectivity index (χ0v) is 23.1. The van der Waals surface area contributed by atoms with Crippen LogP contribution in [0.4, 0.5) is 0 Å². The number of rotatable bonds is 5. The minimum absolute atomic E-state index is 0.977. The molecule has 0 N–H and O–H groups in total. The molecule has 4 aromatic carbocycles. The SMILES string of the molecule is C=C/C(C)=c1\c(=C)n(-c2ccc(-c3ccc(-n4c(=C)/c(=C\C=C/C)c5ccccc54)cc3)cc2)c2ccccc12. The molecule has 0 atom stereocenters. The Labute approximate surface area is 234 Å². The summed E-state index contributed by atoms with van der Waals surface area (Å²) >= 11 is 0. The molecule has 0 saturated carbocycles. The van der Waals surface area contributed by atoms with Gasteiger partial charge in [-0.15, -0.1) is 0 Å². The van der Waals surface area contributed by atoms with Crippen molar-refractivity contribution in [3.05, 3.63) is 143 Å². The average Bonchev–Trinajstić information content (AvgIpc) is 3.45. The molecule has 40 heavy (non-hydrogen) atoms. The summed E-state index contributed by atoms with van der Waals surface area (Å²) in [4.78, 5) is 0. The number of nitrogens with zero attached hydrogens (tertiary/aromatic N) is 2. The Bertz CT molecular complexity index is 2150. The van der Waals surface area contributed by atoms with Gasteiger partial charge in [0.25, 0.3) is 0 Å². The van der Waals surface area contributed by atoms with Crippen molar-refractivity contribution in [3.8, 4) is 22.5 Å². The first-order chi connectivity index (χ1) is 19.5. The number of benzene rings is 4. The molecule has 0 amide bonds. The Morgan fingerprint density at radius 3 is 1.70 bits per heavy atom. The molecule has 2 heteroatoms. The summed E-state index contributed by atoms with van der Waals surface area (Å²) < 4.78 is 4.48. The van der Waals surface area contributed by atoms with Gasteiger partial charge in [0.05, 0.1) is 11.0 Å². The van der Waals surface area contributed by atoms with E-state index in [-0.39, 0.29) is 0 Å². The van der Waals surface area contributed by atoms with Crippen LogP contribution in [0, 0.1) is 0 Å². The van der Waals surface area contributed by atoms with Crippen LogP contribution in [0.15, 0.2) is 122 Å². The lowest BCUT2D eigenvalue weighted by Crippen LogP contribution is -2.28. The van der Waals surface area contributed by atoms with Gasteiger partial charge < -0.3 is 9.13 Å². The molecule has 0 aliphatic heterocycles. The van der Waals surface area contributed by atoms with Crippen molar-refractivity contribution in [2.45, 2.75) is 13.8 Å². The highest BCUT2D eigenvalue weighted by Crippen LogP contribution is 2.24. The summed E-state index contributed by atoms with van der Waals surface area (Å²) in [7, 11) is 0. The van der Waals surface area contributed by atoms with Crippen molar-refractivity contribution in [1.29, 1.82) is 0 Å². The van der Waals surface area contributed by atoms with Crippen LogP contribution in [0.1, 0.15) is 13.8 Å². The summed E-state index contributed by atoms with van der Waals surface area (Å²) in [5, 5.41) is 6.67. The fraction of sp³-hybridized carbons (Fsp3) is 0.0526. The maximum atomic E-state index is 4.45. The molecule has 0 bridgehead atoms. The highest BCUT2D eigenvalue weighted by Gasteiger charge is 2.11. The van der Waals surface area contributed by atoms with Crippen LogP contribution in [0.2, 0.25) is 0 Å². The second kappa shape index (κ2) is 10.2. The Morgan fingerprint density at radius 2 is 1.15 bits per heavy atom. The molecule has 2 heterocycles. The predicted molar refractivity (Wildman–Crippen MR) is 174 cm³/mol. The highest BCUT2D eigenvalue weighted by atomic mass is 15.0. The van der Waals surface area contributed by atoms with Gasteiger partial charge in [-0.3, -0.25) is 0 Å². The molecule has 0 spiro atoms. The van der Waals surface area contributed by atoms with Gasteiger partial charge in [-0.2, -0.15) is 0 Å². The van der Waals surface area contributed by atoms with Gasteiger partial charge in [-0.1, -0.05) is 105 Å². The Morgan fingerprint density at radius 1 is 0.650 bits per heavy atom. The van der Waals surface area contributed by atoms with Crippen molar-refractivity contribution < 1.29 is 0 Å². The maximum absolute atomic E-state index is 4.45. The number of fused-ring (bicyclic) bond motifs is 2. The molecular formula is C38H32N2. The van der Waals surface area contributed by atoms with Crippen molar-refractivity contribution in [3.63, 3.8) is 0 Å². The van der Waals surface area contributed by atoms with Crippen molar-refractivity contribution in [1.82, 2.24) is 9.13 Å². The monoisotopic (exact) mass is 516 g/mol. The number of para-hydroxylation sites is 2. The summed E-state index contributed by atoms with van der Waals surface area (Å²) in [6, 6.07) is 34.4. The van der Waals surface area contributed by atoms with E-state index in [9.17, 15) is 0 Å². The minimum Gasteiger partial charge on any atom is -0.310 e. The first-order valence-corrected chi connectivity index (χ1v) is 13.6. The zero-order chi connectivity index (χ0) is 27.8. The molecular weight excluding hydrogens is 484 g/mol. The second-order valence-corrected chi connectivity index (χ2v) is 10.1. The fourth-order valence-corrected chi connectivity index (χ4v) is 5.73. The number of aromatic nitrogens is 2. The molecule has 6 rings (SSSR count). The molecule has 0 fully saturated rings. The number of allylic oxidation sites excluding steroid dienone is 3.